The van der Waals surface area contributed by atoms with Crippen molar-refractivity contribution in [3.8, 4) is 0 Å². The first kappa shape index (κ1) is 11.3. The Bertz CT molecular complexity index is 340. The van der Waals surface area contributed by atoms with Crippen molar-refractivity contribution in [2.75, 3.05) is 29.9 Å². The van der Waals surface area contributed by atoms with Crippen LogP contribution >= 0.6 is 0 Å². The normalized spacial score (nSPS) is 19.1. The smallest absolute Gasteiger partial charge is 0.0605 e. The molecule has 1 unspecified atom stereocenters. The standard InChI is InChI=1S/C13H20N2O/c1-11-10-14-12-6-2-3-7-13(12)15(11)8-4-5-9-16/h2-3,6-7,11,14,16H,4-5,8-10H2,1H3. The van der Waals surface area contributed by atoms with Gasteiger partial charge in [0.05, 0.1) is 11.4 Å². The molecule has 0 fully saturated rings. The first-order chi connectivity index (χ1) is 7.83. The molecule has 1 aromatic carbocycles. The molecule has 0 aliphatic carbocycles. The fraction of sp³-hybridized carbons (Fsp3) is 0.538. The molecule has 1 aromatic rings. The van der Waals surface area contributed by atoms with Gasteiger partial charge in [0.2, 0.25) is 0 Å². The van der Waals surface area contributed by atoms with E-state index in [2.05, 4.69) is 41.4 Å². The first-order valence-corrected chi connectivity index (χ1v) is 6.03. The molecule has 88 valence electrons. The number of aliphatic hydroxyl groups is 1. The van der Waals surface area contributed by atoms with Gasteiger partial charge in [-0.1, -0.05) is 12.1 Å². The number of para-hydroxylation sites is 2. The molecular formula is C13H20N2O. The van der Waals surface area contributed by atoms with Gasteiger partial charge in [-0.2, -0.15) is 0 Å². The topological polar surface area (TPSA) is 35.5 Å². The van der Waals surface area contributed by atoms with E-state index in [1.54, 1.807) is 0 Å². The van der Waals surface area contributed by atoms with E-state index in [4.69, 9.17) is 5.11 Å². The van der Waals surface area contributed by atoms with Crippen LogP contribution in [0, 0.1) is 0 Å². The maximum Gasteiger partial charge on any atom is 0.0605 e. The molecular weight excluding hydrogens is 200 g/mol. The number of hydrogen-bond acceptors (Lipinski definition) is 3. The largest absolute Gasteiger partial charge is 0.396 e. The Labute approximate surface area is 97.1 Å². The zero-order valence-corrected chi connectivity index (χ0v) is 9.82. The lowest BCUT2D eigenvalue weighted by Crippen LogP contribution is -2.42. The minimum atomic E-state index is 0.294. The van der Waals surface area contributed by atoms with Crippen LogP contribution in [0.25, 0.3) is 0 Å². The minimum Gasteiger partial charge on any atom is -0.396 e. The molecule has 0 aromatic heterocycles. The van der Waals surface area contributed by atoms with Gasteiger partial charge in [0.25, 0.3) is 0 Å². The number of benzene rings is 1. The Morgan fingerprint density at radius 3 is 3.00 bits per heavy atom. The second-order valence-electron chi connectivity index (χ2n) is 4.37. The van der Waals surface area contributed by atoms with E-state index in [-0.39, 0.29) is 0 Å². The molecule has 3 heteroatoms. The maximum atomic E-state index is 8.83. The molecule has 16 heavy (non-hydrogen) atoms. The lowest BCUT2D eigenvalue weighted by atomic mass is 10.1. The maximum absolute atomic E-state index is 8.83. The van der Waals surface area contributed by atoms with E-state index in [9.17, 15) is 0 Å². The molecule has 2 N–H and O–H groups in total. The summed E-state index contributed by atoms with van der Waals surface area (Å²) in [4.78, 5) is 2.43. The van der Waals surface area contributed by atoms with Crippen molar-refractivity contribution in [2.24, 2.45) is 0 Å². The predicted octanol–water partition coefficient (Wildman–Crippen LogP) is 2.08. The van der Waals surface area contributed by atoms with E-state index in [1.807, 2.05) is 0 Å². The van der Waals surface area contributed by atoms with Gasteiger partial charge in [-0.15, -0.1) is 0 Å². The van der Waals surface area contributed by atoms with Crippen LogP contribution in [0.1, 0.15) is 19.8 Å². The number of anilines is 2. The molecule has 3 nitrogen and oxygen atoms in total. The fourth-order valence-electron chi connectivity index (χ4n) is 2.21. The molecule has 1 atom stereocenters. The molecule has 0 amide bonds. The third-order valence-corrected chi connectivity index (χ3v) is 3.14. The average Bonchev–Trinajstić information content (AvgIpc) is 2.32. The molecule has 0 spiro atoms. The van der Waals surface area contributed by atoms with Crippen LogP contribution in [0.3, 0.4) is 0 Å². The van der Waals surface area contributed by atoms with Gasteiger partial charge in [-0.05, 0) is 31.9 Å². The molecule has 0 radical (unpaired) electrons. The lowest BCUT2D eigenvalue weighted by molar-refractivity contribution is 0.284. The van der Waals surface area contributed by atoms with Gasteiger partial charge < -0.3 is 15.3 Å². The van der Waals surface area contributed by atoms with Crippen molar-refractivity contribution in [2.45, 2.75) is 25.8 Å². The van der Waals surface area contributed by atoms with E-state index in [1.165, 1.54) is 11.4 Å². The molecule has 1 aliphatic rings. The summed E-state index contributed by atoms with van der Waals surface area (Å²) in [5, 5.41) is 12.3. The van der Waals surface area contributed by atoms with Crippen LogP contribution in [0.15, 0.2) is 24.3 Å². The van der Waals surface area contributed by atoms with Crippen LogP contribution in [0.5, 0.6) is 0 Å². The van der Waals surface area contributed by atoms with Crippen molar-refractivity contribution in [3.63, 3.8) is 0 Å². The van der Waals surface area contributed by atoms with Gasteiger partial charge >= 0.3 is 0 Å². The fourth-order valence-corrected chi connectivity index (χ4v) is 2.21. The van der Waals surface area contributed by atoms with E-state index < -0.39 is 0 Å². The summed E-state index contributed by atoms with van der Waals surface area (Å²) in [5.74, 6) is 0. The number of hydrogen-bond donors (Lipinski definition) is 2. The summed E-state index contributed by atoms with van der Waals surface area (Å²) in [6.07, 6.45) is 1.94. The predicted molar refractivity (Wildman–Crippen MR) is 68.1 cm³/mol. The van der Waals surface area contributed by atoms with Crippen LogP contribution in [-0.4, -0.2) is 30.8 Å². The number of fused-ring (bicyclic) bond motifs is 1. The molecule has 1 heterocycles. The highest BCUT2D eigenvalue weighted by Gasteiger charge is 2.21. The Hall–Kier alpha value is -1.22. The molecule has 0 bridgehead atoms. The van der Waals surface area contributed by atoms with Crippen LogP contribution in [0.4, 0.5) is 11.4 Å². The highest BCUT2D eigenvalue weighted by molar-refractivity contribution is 5.72. The van der Waals surface area contributed by atoms with Gasteiger partial charge in [0.15, 0.2) is 0 Å². The zero-order valence-electron chi connectivity index (χ0n) is 9.82. The molecule has 1 aliphatic heterocycles. The van der Waals surface area contributed by atoms with Crippen LogP contribution in [0.2, 0.25) is 0 Å². The molecule has 0 saturated carbocycles. The first-order valence-electron chi connectivity index (χ1n) is 6.03. The summed E-state index contributed by atoms with van der Waals surface area (Å²) in [7, 11) is 0. The third-order valence-electron chi connectivity index (χ3n) is 3.14. The number of nitrogens with one attached hydrogen (secondary N) is 1. The van der Waals surface area contributed by atoms with Crippen molar-refractivity contribution in [1.29, 1.82) is 0 Å². The summed E-state index contributed by atoms with van der Waals surface area (Å²) >= 11 is 0. The van der Waals surface area contributed by atoms with E-state index >= 15 is 0 Å². The van der Waals surface area contributed by atoms with Crippen molar-refractivity contribution >= 4 is 11.4 Å². The summed E-state index contributed by atoms with van der Waals surface area (Å²) in [5.41, 5.74) is 2.52. The Kier molecular flexibility index (Phi) is 3.67. The highest BCUT2D eigenvalue weighted by Crippen LogP contribution is 2.30. The van der Waals surface area contributed by atoms with Crippen molar-refractivity contribution in [3.05, 3.63) is 24.3 Å². The number of aliphatic hydroxyl groups excluding tert-OH is 1. The molecule has 2 rings (SSSR count). The number of nitrogens with zero attached hydrogens (tertiary/aromatic N) is 1. The monoisotopic (exact) mass is 220 g/mol. The second-order valence-corrected chi connectivity index (χ2v) is 4.37. The summed E-state index contributed by atoms with van der Waals surface area (Å²) in [6, 6.07) is 8.95. The van der Waals surface area contributed by atoms with Crippen LogP contribution < -0.4 is 10.2 Å². The highest BCUT2D eigenvalue weighted by atomic mass is 16.2. The quantitative estimate of drug-likeness (QED) is 0.763. The lowest BCUT2D eigenvalue weighted by Gasteiger charge is -2.37. The third kappa shape index (κ3) is 2.30. The van der Waals surface area contributed by atoms with Gasteiger partial charge in [-0.25, -0.2) is 0 Å². The Balaban J connectivity index is 2.10. The summed E-state index contributed by atoms with van der Waals surface area (Å²) in [6.45, 7) is 4.56. The molecule has 0 saturated heterocycles. The zero-order chi connectivity index (χ0) is 11.4. The number of rotatable bonds is 4. The van der Waals surface area contributed by atoms with Gasteiger partial charge in [0, 0.05) is 25.7 Å². The van der Waals surface area contributed by atoms with E-state index in [0.717, 1.165) is 25.9 Å². The van der Waals surface area contributed by atoms with Gasteiger partial charge in [0.1, 0.15) is 0 Å². The minimum absolute atomic E-state index is 0.294. The van der Waals surface area contributed by atoms with Crippen molar-refractivity contribution < 1.29 is 5.11 Å². The van der Waals surface area contributed by atoms with Gasteiger partial charge in [-0.3, -0.25) is 0 Å². The Morgan fingerprint density at radius 2 is 2.19 bits per heavy atom. The van der Waals surface area contributed by atoms with Crippen molar-refractivity contribution in [1.82, 2.24) is 0 Å². The second kappa shape index (κ2) is 5.21. The number of unbranched alkanes of at least 4 members (excludes halogenated alkanes) is 1. The van der Waals surface area contributed by atoms with E-state index in [0.29, 0.717) is 12.6 Å². The average molecular weight is 220 g/mol. The Morgan fingerprint density at radius 1 is 1.38 bits per heavy atom. The van der Waals surface area contributed by atoms with Crippen LogP contribution in [-0.2, 0) is 0 Å². The SMILES string of the molecule is CC1CNc2ccccc2N1CCCCO. The summed E-state index contributed by atoms with van der Waals surface area (Å²) < 4.78 is 0.